The molecule has 1 atom stereocenters. The molecule has 0 aliphatic rings. The van der Waals surface area contributed by atoms with Crippen LogP contribution in [0.25, 0.3) is 11.5 Å². The normalized spacial score (nSPS) is 13.1. The third-order valence-corrected chi connectivity index (χ3v) is 5.93. The summed E-state index contributed by atoms with van der Waals surface area (Å²) >= 11 is 0. The standard InChI is InChI=1S/C18H22N4O3S/c1-5-15-20-18(25-21-15)16-12(3)19-13(4)17(16)26(23,24)22-11(2)14-9-7-6-8-10-14/h6-11,19,22H,5H2,1-4H3. The second-order valence-electron chi connectivity index (χ2n) is 6.20. The van der Waals surface area contributed by atoms with E-state index in [2.05, 4.69) is 19.8 Å². The van der Waals surface area contributed by atoms with Crippen molar-refractivity contribution in [3.8, 4) is 11.5 Å². The van der Waals surface area contributed by atoms with Gasteiger partial charge in [0.15, 0.2) is 5.82 Å². The molecule has 0 aliphatic carbocycles. The average molecular weight is 374 g/mol. The first-order chi connectivity index (χ1) is 12.3. The Morgan fingerprint density at radius 3 is 2.50 bits per heavy atom. The predicted molar refractivity (Wildman–Crippen MR) is 98.1 cm³/mol. The smallest absolute Gasteiger partial charge is 0.261 e. The zero-order valence-electron chi connectivity index (χ0n) is 15.2. The quantitative estimate of drug-likeness (QED) is 0.689. The molecule has 7 nitrogen and oxygen atoms in total. The molecule has 2 N–H and O–H groups in total. The van der Waals surface area contributed by atoms with E-state index in [-0.39, 0.29) is 16.8 Å². The summed E-state index contributed by atoms with van der Waals surface area (Å²) in [5, 5.41) is 3.88. The van der Waals surface area contributed by atoms with Crippen molar-refractivity contribution >= 4 is 10.0 Å². The minimum absolute atomic E-state index is 0.143. The van der Waals surface area contributed by atoms with Gasteiger partial charge >= 0.3 is 0 Å². The lowest BCUT2D eigenvalue weighted by molar-refractivity contribution is 0.422. The summed E-state index contributed by atoms with van der Waals surface area (Å²) in [5.74, 6) is 0.739. The summed E-state index contributed by atoms with van der Waals surface area (Å²) < 4.78 is 34.2. The summed E-state index contributed by atoms with van der Waals surface area (Å²) in [6, 6.07) is 9.04. The number of aromatic amines is 1. The fourth-order valence-corrected chi connectivity index (χ4v) is 4.63. The van der Waals surface area contributed by atoms with E-state index in [4.69, 9.17) is 4.52 Å². The largest absolute Gasteiger partial charge is 0.361 e. The van der Waals surface area contributed by atoms with Crippen molar-refractivity contribution in [2.24, 2.45) is 0 Å². The highest BCUT2D eigenvalue weighted by atomic mass is 32.2. The number of H-pyrrole nitrogens is 1. The van der Waals surface area contributed by atoms with Crippen molar-refractivity contribution in [1.82, 2.24) is 19.8 Å². The van der Waals surface area contributed by atoms with Crippen LogP contribution >= 0.6 is 0 Å². The van der Waals surface area contributed by atoms with Crippen molar-refractivity contribution in [2.75, 3.05) is 0 Å². The Morgan fingerprint density at radius 2 is 1.88 bits per heavy atom. The van der Waals surface area contributed by atoms with Crippen molar-refractivity contribution in [3.05, 3.63) is 53.1 Å². The Kier molecular flexibility index (Phi) is 4.97. The van der Waals surface area contributed by atoms with Crippen LogP contribution in [0.3, 0.4) is 0 Å². The molecular formula is C18H22N4O3S. The minimum atomic E-state index is -3.80. The van der Waals surface area contributed by atoms with E-state index >= 15 is 0 Å². The van der Waals surface area contributed by atoms with Crippen molar-refractivity contribution < 1.29 is 12.9 Å². The molecule has 3 rings (SSSR count). The molecule has 2 heterocycles. The molecular weight excluding hydrogens is 352 g/mol. The van der Waals surface area contributed by atoms with Gasteiger partial charge in [-0.25, -0.2) is 13.1 Å². The number of benzene rings is 1. The Hall–Kier alpha value is -2.45. The number of hydrogen-bond donors (Lipinski definition) is 2. The monoisotopic (exact) mass is 374 g/mol. The molecule has 0 bridgehead atoms. The number of sulfonamides is 1. The number of aromatic nitrogens is 3. The molecule has 3 aromatic rings. The second-order valence-corrected chi connectivity index (χ2v) is 7.85. The highest BCUT2D eigenvalue weighted by molar-refractivity contribution is 7.89. The Bertz CT molecular complexity index is 1010. The van der Waals surface area contributed by atoms with E-state index in [1.54, 1.807) is 13.8 Å². The maximum atomic E-state index is 13.1. The molecule has 0 fully saturated rings. The highest BCUT2D eigenvalue weighted by Gasteiger charge is 2.30. The van der Waals surface area contributed by atoms with Gasteiger partial charge in [0.25, 0.3) is 5.89 Å². The molecule has 0 spiro atoms. The van der Waals surface area contributed by atoms with Crippen LogP contribution < -0.4 is 4.72 Å². The van der Waals surface area contributed by atoms with Gasteiger partial charge in [0.2, 0.25) is 10.0 Å². The van der Waals surface area contributed by atoms with Gasteiger partial charge in [0.05, 0.1) is 5.56 Å². The topological polar surface area (TPSA) is 101 Å². The fraction of sp³-hybridized carbons (Fsp3) is 0.333. The van der Waals surface area contributed by atoms with Crippen LogP contribution in [0.5, 0.6) is 0 Å². The number of rotatable bonds is 6. The third-order valence-electron chi connectivity index (χ3n) is 4.22. The summed E-state index contributed by atoms with van der Waals surface area (Å²) in [7, 11) is -3.80. The van der Waals surface area contributed by atoms with Crippen molar-refractivity contribution in [1.29, 1.82) is 0 Å². The fourth-order valence-electron chi connectivity index (χ4n) is 2.95. The average Bonchev–Trinajstić information content (AvgIpc) is 3.19. The SMILES string of the molecule is CCc1noc(-c2c(C)[nH]c(C)c2S(=O)(=O)NC(C)c2ccccc2)n1. The first-order valence-corrected chi connectivity index (χ1v) is 9.91. The van der Waals surface area contributed by atoms with Gasteiger partial charge in [-0.1, -0.05) is 42.4 Å². The maximum Gasteiger partial charge on any atom is 0.261 e. The van der Waals surface area contributed by atoms with Crippen LogP contribution in [0.15, 0.2) is 39.8 Å². The van der Waals surface area contributed by atoms with Crippen LogP contribution in [-0.2, 0) is 16.4 Å². The Morgan fingerprint density at radius 1 is 1.19 bits per heavy atom. The molecule has 0 radical (unpaired) electrons. The molecule has 2 aromatic heterocycles. The van der Waals surface area contributed by atoms with Gasteiger partial charge in [0, 0.05) is 23.9 Å². The molecule has 138 valence electrons. The van der Waals surface area contributed by atoms with Crippen LogP contribution in [0.1, 0.15) is 42.7 Å². The number of nitrogens with zero attached hydrogens (tertiary/aromatic N) is 2. The zero-order valence-corrected chi connectivity index (χ0v) is 16.0. The first kappa shape index (κ1) is 18.3. The van der Waals surface area contributed by atoms with Gasteiger partial charge < -0.3 is 9.51 Å². The van der Waals surface area contributed by atoms with Crippen molar-refractivity contribution in [3.63, 3.8) is 0 Å². The molecule has 0 amide bonds. The zero-order chi connectivity index (χ0) is 18.9. The lowest BCUT2D eigenvalue weighted by atomic mass is 10.1. The number of nitrogens with one attached hydrogen (secondary N) is 2. The summed E-state index contributed by atoms with van der Waals surface area (Å²) in [4.78, 5) is 7.51. The third kappa shape index (κ3) is 3.42. The lowest BCUT2D eigenvalue weighted by Crippen LogP contribution is -2.27. The summed E-state index contributed by atoms with van der Waals surface area (Å²) in [6.45, 7) is 7.22. The maximum absolute atomic E-state index is 13.1. The molecule has 1 unspecified atom stereocenters. The molecule has 0 aliphatic heterocycles. The van der Waals surface area contributed by atoms with Crippen LogP contribution in [0.2, 0.25) is 0 Å². The van der Waals surface area contributed by atoms with Gasteiger partial charge in [-0.2, -0.15) is 4.98 Å². The number of hydrogen-bond acceptors (Lipinski definition) is 5. The van der Waals surface area contributed by atoms with Crippen molar-refractivity contribution in [2.45, 2.75) is 45.1 Å². The molecule has 8 heteroatoms. The van der Waals surface area contributed by atoms with Gasteiger partial charge in [-0.15, -0.1) is 0 Å². The molecule has 0 saturated carbocycles. The van der Waals surface area contributed by atoms with E-state index in [9.17, 15) is 8.42 Å². The first-order valence-electron chi connectivity index (χ1n) is 8.43. The van der Waals surface area contributed by atoms with Gasteiger partial charge in [0.1, 0.15) is 4.90 Å². The Balaban J connectivity index is 2.02. The van der Waals surface area contributed by atoms with E-state index in [1.165, 1.54) is 0 Å². The number of aryl methyl sites for hydroxylation is 3. The summed E-state index contributed by atoms with van der Waals surface area (Å²) in [6.07, 6.45) is 0.608. The molecule has 0 saturated heterocycles. The van der Waals surface area contributed by atoms with Crippen LogP contribution in [-0.4, -0.2) is 23.5 Å². The minimum Gasteiger partial charge on any atom is -0.361 e. The van der Waals surface area contributed by atoms with E-state index < -0.39 is 10.0 Å². The Labute approximate surface area is 152 Å². The van der Waals surface area contributed by atoms with Gasteiger partial charge in [-0.3, -0.25) is 0 Å². The van der Waals surface area contributed by atoms with Crippen LogP contribution in [0, 0.1) is 13.8 Å². The van der Waals surface area contributed by atoms with E-state index in [1.807, 2.05) is 44.2 Å². The van der Waals surface area contributed by atoms with E-state index in [0.29, 0.717) is 29.2 Å². The van der Waals surface area contributed by atoms with Gasteiger partial charge in [-0.05, 0) is 26.3 Å². The van der Waals surface area contributed by atoms with E-state index in [0.717, 1.165) is 5.56 Å². The summed E-state index contributed by atoms with van der Waals surface area (Å²) in [5.41, 5.74) is 2.50. The molecule has 26 heavy (non-hydrogen) atoms. The highest BCUT2D eigenvalue weighted by Crippen LogP contribution is 2.33. The lowest BCUT2D eigenvalue weighted by Gasteiger charge is -2.15. The van der Waals surface area contributed by atoms with Crippen LogP contribution in [0.4, 0.5) is 0 Å². The second kappa shape index (κ2) is 7.05. The molecule has 1 aromatic carbocycles. The predicted octanol–water partition coefficient (Wildman–Crippen LogP) is 3.28.